The predicted molar refractivity (Wildman–Crippen MR) is 314 cm³/mol. The first-order valence-corrected chi connectivity index (χ1v) is 28.6. The molecule has 85 heavy (non-hydrogen) atoms. The fourth-order valence-corrected chi connectivity index (χ4v) is 7.96. The van der Waals surface area contributed by atoms with Gasteiger partial charge in [0.15, 0.2) is 0 Å². The number of hydrogen-bond acceptors (Lipinski definition) is 20. The molecule has 0 aliphatic rings. The van der Waals surface area contributed by atoms with Crippen LogP contribution >= 0.6 is 0 Å². The highest BCUT2D eigenvalue weighted by atomic mass is 16.5. The van der Waals surface area contributed by atoms with Crippen molar-refractivity contribution < 1.29 is 71.8 Å². The van der Waals surface area contributed by atoms with Crippen LogP contribution in [0.5, 0.6) is 0 Å². The lowest BCUT2D eigenvalue weighted by atomic mass is 10.1. The molecule has 0 bridgehead atoms. The Morgan fingerprint density at radius 1 is 0.365 bits per heavy atom. The third kappa shape index (κ3) is 41.2. The smallest absolute Gasteiger partial charge is 0.407 e. The average Bonchev–Trinajstić information content (AvgIpc) is 3.45. The molecule has 0 spiro atoms. The molecule has 4 unspecified atom stereocenters. The van der Waals surface area contributed by atoms with Crippen LogP contribution in [0, 0.1) is 0 Å². The summed E-state index contributed by atoms with van der Waals surface area (Å²) in [5.74, 6) is -5.12. The third-order valence-corrected chi connectivity index (χ3v) is 12.9. The quantitative estimate of drug-likeness (QED) is 0.0252. The van der Waals surface area contributed by atoms with E-state index in [-0.39, 0.29) is 76.3 Å². The molecular formula is C52H100N18O15. The van der Waals surface area contributed by atoms with E-state index in [4.69, 9.17) is 28.7 Å². The molecule has 33 heteroatoms. The Labute approximate surface area is 498 Å². The second-order valence-electron chi connectivity index (χ2n) is 19.5. The van der Waals surface area contributed by atoms with Crippen molar-refractivity contribution in [1.29, 1.82) is 0 Å². The van der Waals surface area contributed by atoms with Gasteiger partial charge in [-0.2, -0.15) is 0 Å². The minimum absolute atomic E-state index is 0.0254. The van der Waals surface area contributed by atoms with Crippen molar-refractivity contribution in [2.75, 3.05) is 114 Å². The van der Waals surface area contributed by atoms with E-state index in [1.165, 1.54) is 12.0 Å². The number of carbonyl (C=O) groups excluding carboxylic acids is 13. The van der Waals surface area contributed by atoms with Crippen molar-refractivity contribution in [3.05, 3.63) is 0 Å². The Morgan fingerprint density at radius 3 is 0.918 bits per heavy atom. The molecule has 0 radical (unpaired) electrons. The summed E-state index contributed by atoms with van der Waals surface area (Å²) in [6, 6.07) is -2.78. The van der Waals surface area contributed by atoms with E-state index >= 15 is 0 Å². The largest absolute Gasteiger partial charge is 0.453 e. The first-order valence-electron chi connectivity index (χ1n) is 28.6. The molecule has 5 atom stereocenters. The van der Waals surface area contributed by atoms with Crippen LogP contribution in [0.25, 0.3) is 0 Å². The molecule has 0 aliphatic carbocycles. The van der Waals surface area contributed by atoms with Gasteiger partial charge in [0.1, 0.15) is 32.2 Å². The summed E-state index contributed by atoms with van der Waals surface area (Å²) in [6.45, 7) is 0.181. The number of nitrogens with one attached hydrogen (secondary N) is 11. The van der Waals surface area contributed by atoms with Gasteiger partial charge in [-0.1, -0.05) is 0 Å². The van der Waals surface area contributed by atoms with Crippen LogP contribution in [-0.2, 0) is 62.2 Å². The molecule has 0 aliphatic heterocycles. The highest BCUT2D eigenvalue weighted by Gasteiger charge is 2.25. The molecule has 488 valence electrons. The number of nitrogens with two attached hydrogens (primary N) is 5. The van der Waals surface area contributed by atoms with E-state index in [0.29, 0.717) is 110 Å². The summed E-state index contributed by atoms with van der Waals surface area (Å²) in [6.07, 6.45) is 6.52. The number of unbranched alkanes of at least 4 members (excludes halogenated alkanes) is 5. The summed E-state index contributed by atoms with van der Waals surface area (Å²) in [4.78, 5) is 159. The van der Waals surface area contributed by atoms with Gasteiger partial charge < -0.3 is 106 Å². The van der Waals surface area contributed by atoms with Crippen molar-refractivity contribution >= 4 is 77.2 Å². The molecule has 33 nitrogen and oxygen atoms in total. The summed E-state index contributed by atoms with van der Waals surface area (Å²) in [5.41, 5.74) is 26.6. The lowest BCUT2D eigenvalue weighted by Gasteiger charge is -2.23. The molecule has 0 saturated heterocycles. The Morgan fingerprint density at radius 2 is 0.647 bits per heavy atom. The molecule has 13 amide bonds. The number of likely N-dealkylation sites (N-methyl/N-ethyl adjacent to an activating group) is 4. The van der Waals surface area contributed by atoms with Crippen molar-refractivity contribution in [3.8, 4) is 0 Å². The number of hydrogen-bond donors (Lipinski definition) is 16. The maximum Gasteiger partial charge on any atom is 0.407 e. The van der Waals surface area contributed by atoms with Gasteiger partial charge in [0.2, 0.25) is 65.0 Å². The van der Waals surface area contributed by atoms with Gasteiger partial charge >= 0.3 is 12.2 Å². The van der Waals surface area contributed by atoms with Crippen LogP contribution in [0.4, 0.5) is 9.59 Å². The predicted octanol–water partition coefficient (Wildman–Crippen LogP) is -5.82. The molecule has 0 aromatic heterocycles. The zero-order valence-electron chi connectivity index (χ0n) is 50.6. The first-order chi connectivity index (χ1) is 40.4. The number of carbonyl (C=O) groups is 13. The molecule has 0 saturated carbocycles. The molecule has 0 aromatic carbocycles. The maximum absolute atomic E-state index is 13.2. The lowest BCUT2D eigenvalue weighted by molar-refractivity contribution is -0.139. The SMILES string of the molecule is CNC(CCCCNC(=O)CN(CC(=O)NCCCCC(NC)C(N)=O)C(=O)CCN)C(N)=O.CNC(CCCCNC(=O)CN(CC(=O)NCCCCC(NC)C(N)=O)C(=O)CCNC(=O)[C@H](CCCCNC(=O)OC)NC(=O)OC)C(N)=O. The number of methoxy groups -OCH3 is 2. The highest BCUT2D eigenvalue weighted by Crippen LogP contribution is 2.06. The topological polar surface area (TPSA) is 509 Å². The molecule has 21 N–H and O–H groups in total. The van der Waals surface area contributed by atoms with Gasteiger partial charge in [0.05, 0.1) is 38.4 Å². The number of amides is 13. The average molecular weight is 1220 g/mol. The van der Waals surface area contributed by atoms with Gasteiger partial charge in [-0.15, -0.1) is 0 Å². The van der Waals surface area contributed by atoms with E-state index in [9.17, 15) is 62.3 Å². The summed E-state index contributed by atoms with van der Waals surface area (Å²) >= 11 is 0. The van der Waals surface area contributed by atoms with Crippen LogP contribution in [0.2, 0.25) is 0 Å². The van der Waals surface area contributed by atoms with Crippen molar-refractivity contribution in [2.24, 2.45) is 28.7 Å². The number of rotatable bonds is 48. The van der Waals surface area contributed by atoms with Gasteiger partial charge in [-0.3, -0.25) is 52.7 Å². The second-order valence-corrected chi connectivity index (χ2v) is 19.5. The van der Waals surface area contributed by atoms with Crippen LogP contribution in [0.3, 0.4) is 0 Å². The number of ether oxygens (including phenoxy) is 2. The lowest BCUT2D eigenvalue weighted by Crippen LogP contribution is -2.49. The molecule has 0 heterocycles. The van der Waals surface area contributed by atoms with Crippen LogP contribution in [0.15, 0.2) is 0 Å². The van der Waals surface area contributed by atoms with Gasteiger partial charge in [0, 0.05) is 58.7 Å². The number of nitrogens with zero attached hydrogens (tertiary/aromatic N) is 2. The minimum atomic E-state index is -0.990. The Balaban J connectivity index is 0. The standard InChI is InChI=1S/C31H58N10O10.C21H42N8O5/c1-34-21(27(32)45)11-5-8-15-36-24(42)19-41(20-25(43)37-16-9-6-12-22(35-2)28(33)46)26(44)14-18-38-29(47)23(40-31(49)51-4)13-7-10-17-39-30(48)50-3;1-25-15(20(23)33)7-3-5-11-27-17(30)13-29(19(32)9-10-22)14-18(31)28-12-6-4-8-16(26-2)21(24)34/h21-23,34-35H,5-20H2,1-4H3,(H2,32,45)(H2,33,46)(H,36,42)(H,37,43)(H,38,47)(H,39,48)(H,40,49);15-16,25-26H,3-14,22H2,1-2H3,(H2,23,33)(H2,24,34)(H,27,30)(H,28,31)/t21?,22?,23-;/m0./s1. The Kier molecular flexibility index (Phi) is 46.7. The van der Waals surface area contributed by atoms with Crippen LogP contribution in [0.1, 0.15) is 109 Å². The van der Waals surface area contributed by atoms with E-state index < -0.39 is 103 Å². The fraction of sp³-hybridized carbons (Fsp3) is 0.750. The van der Waals surface area contributed by atoms with E-state index in [1.807, 2.05) is 0 Å². The minimum Gasteiger partial charge on any atom is -0.453 e. The van der Waals surface area contributed by atoms with E-state index in [2.05, 4.69) is 68.0 Å². The highest BCUT2D eigenvalue weighted by molar-refractivity contribution is 5.91. The third-order valence-electron chi connectivity index (χ3n) is 12.9. The van der Waals surface area contributed by atoms with Crippen molar-refractivity contribution in [1.82, 2.24) is 68.3 Å². The Hall–Kier alpha value is -7.49. The van der Waals surface area contributed by atoms with Gasteiger partial charge in [-0.25, -0.2) is 9.59 Å². The van der Waals surface area contributed by atoms with E-state index in [1.54, 1.807) is 28.2 Å². The number of alkyl carbamates (subject to hydrolysis) is 2. The van der Waals surface area contributed by atoms with Gasteiger partial charge in [-0.05, 0) is 125 Å². The monoisotopic (exact) mass is 1220 g/mol. The first kappa shape index (κ1) is 79.6. The summed E-state index contributed by atoms with van der Waals surface area (Å²) < 4.78 is 9.10. The van der Waals surface area contributed by atoms with Gasteiger partial charge in [0.25, 0.3) is 0 Å². The molecule has 0 aromatic rings. The Bertz CT molecular complexity index is 1970. The summed E-state index contributed by atoms with van der Waals surface area (Å²) in [5, 5.41) is 29.7. The molecule has 0 fully saturated rings. The van der Waals surface area contributed by atoms with Crippen molar-refractivity contribution in [2.45, 2.75) is 139 Å². The van der Waals surface area contributed by atoms with Crippen LogP contribution in [-0.4, -0.2) is 232 Å². The molecule has 0 rings (SSSR count). The zero-order valence-corrected chi connectivity index (χ0v) is 50.6. The maximum atomic E-state index is 13.2. The number of primary amides is 4. The zero-order chi connectivity index (χ0) is 64.5. The fourth-order valence-electron chi connectivity index (χ4n) is 7.96. The van der Waals surface area contributed by atoms with E-state index in [0.717, 1.165) is 12.0 Å². The summed E-state index contributed by atoms with van der Waals surface area (Å²) in [7, 11) is 8.95. The molecular weight excluding hydrogens is 1120 g/mol. The van der Waals surface area contributed by atoms with Crippen molar-refractivity contribution in [3.63, 3.8) is 0 Å². The normalized spacial score (nSPS) is 12.4. The van der Waals surface area contributed by atoms with Crippen LogP contribution < -0.4 is 87.2 Å². The second kappa shape index (κ2) is 49.9.